The Balaban J connectivity index is 1.63. The molecule has 3 rings (SSSR count). The summed E-state index contributed by atoms with van der Waals surface area (Å²) < 4.78 is 26.1. The molecule has 1 aromatic rings. The minimum absolute atomic E-state index is 0.536. The topological polar surface area (TPSA) is 33.7 Å². The zero-order valence-corrected chi connectivity index (χ0v) is 14.8. The predicted octanol–water partition coefficient (Wildman–Crippen LogP) is 2.96. The average Bonchev–Trinajstić information content (AvgIpc) is 2.64. The lowest BCUT2D eigenvalue weighted by Gasteiger charge is -2.39. The van der Waals surface area contributed by atoms with Crippen LogP contribution >= 0.6 is 0 Å². The van der Waals surface area contributed by atoms with Crippen LogP contribution in [0, 0.1) is 5.92 Å². The molecule has 0 radical (unpaired) electrons. The van der Waals surface area contributed by atoms with E-state index in [1.165, 1.54) is 12.8 Å². The van der Waals surface area contributed by atoms with Crippen molar-refractivity contribution in [2.45, 2.75) is 31.4 Å². The summed E-state index contributed by atoms with van der Waals surface area (Å²) in [6.45, 7) is 4.99. The Labute approximate surface area is 144 Å². The number of likely N-dealkylation sites (tertiary alicyclic amines) is 1. The molecule has 0 aliphatic carbocycles. The fourth-order valence-corrected chi connectivity index (χ4v) is 3.87. The number of halogens is 1. The van der Waals surface area contributed by atoms with Gasteiger partial charge in [-0.1, -0.05) is 0 Å². The Bertz CT molecular complexity index is 516. The van der Waals surface area contributed by atoms with Crippen LogP contribution in [0.15, 0.2) is 18.2 Å². The zero-order valence-electron chi connectivity index (χ0n) is 14.8. The van der Waals surface area contributed by atoms with E-state index in [-0.39, 0.29) is 0 Å². The number of methoxy groups -OCH3 is 2. The van der Waals surface area contributed by atoms with E-state index in [4.69, 9.17) is 9.47 Å². The van der Waals surface area contributed by atoms with Gasteiger partial charge in [-0.15, -0.1) is 0 Å². The molecule has 0 amide bonds. The molecule has 2 saturated heterocycles. The lowest BCUT2D eigenvalue weighted by Crippen LogP contribution is -2.43. The standard InChI is InChI=1S/C19H29FN2O2/c1-23-17-11-16(12-18(13-17)24-2)19(20)5-9-22(10-6-19)14-15-3-7-21-8-4-15/h11-13,15,21H,3-10,14H2,1-2H3. The molecule has 0 atom stereocenters. The van der Waals surface area contributed by atoms with E-state index in [9.17, 15) is 0 Å². The number of nitrogens with one attached hydrogen (secondary N) is 1. The van der Waals surface area contributed by atoms with Crippen molar-refractivity contribution in [3.63, 3.8) is 0 Å². The van der Waals surface area contributed by atoms with Crippen LogP contribution in [0.5, 0.6) is 11.5 Å². The second-order valence-electron chi connectivity index (χ2n) is 7.06. The molecule has 24 heavy (non-hydrogen) atoms. The number of nitrogens with zero attached hydrogens (tertiary/aromatic N) is 1. The Morgan fingerprint density at radius 3 is 2.21 bits per heavy atom. The summed E-state index contributed by atoms with van der Waals surface area (Å²) in [5.74, 6) is 2.06. The maximum absolute atomic E-state index is 15.5. The molecule has 0 bridgehead atoms. The van der Waals surface area contributed by atoms with Crippen molar-refractivity contribution in [1.29, 1.82) is 0 Å². The molecule has 0 saturated carbocycles. The fraction of sp³-hybridized carbons (Fsp3) is 0.684. The number of ether oxygens (including phenoxy) is 2. The second kappa shape index (κ2) is 7.70. The van der Waals surface area contributed by atoms with Gasteiger partial charge in [-0.3, -0.25) is 0 Å². The highest BCUT2D eigenvalue weighted by atomic mass is 19.1. The average molecular weight is 336 g/mol. The fourth-order valence-electron chi connectivity index (χ4n) is 3.87. The molecular formula is C19H29FN2O2. The van der Waals surface area contributed by atoms with Gasteiger partial charge in [-0.25, -0.2) is 4.39 Å². The van der Waals surface area contributed by atoms with E-state index < -0.39 is 5.67 Å². The van der Waals surface area contributed by atoms with Crippen LogP contribution in [-0.4, -0.2) is 51.8 Å². The van der Waals surface area contributed by atoms with Gasteiger partial charge in [0.2, 0.25) is 0 Å². The molecule has 1 aromatic carbocycles. The molecule has 134 valence electrons. The molecule has 0 unspecified atom stereocenters. The molecule has 1 N–H and O–H groups in total. The van der Waals surface area contributed by atoms with E-state index in [0.29, 0.717) is 29.9 Å². The number of alkyl halides is 1. The van der Waals surface area contributed by atoms with Gasteiger partial charge in [-0.2, -0.15) is 0 Å². The van der Waals surface area contributed by atoms with Crippen molar-refractivity contribution >= 4 is 0 Å². The van der Waals surface area contributed by atoms with Crippen LogP contribution in [0.3, 0.4) is 0 Å². The minimum atomic E-state index is -1.29. The van der Waals surface area contributed by atoms with Gasteiger partial charge < -0.3 is 19.7 Å². The molecule has 5 heteroatoms. The molecule has 2 aliphatic heterocycles. The predicted molar refractivity (Wildman–Crippen MR) is 93.6 cm³/mol. The van der Waals surface area contributed by atoms with Crippen molar-refractivity contribution < 1.29 is 13.9 Å². The smallest absolute Gasteiger partial charge is 0.138 e. The third-order valence-corrected chi connectivity index (χ3v) is 5.49. The third-order valence-electron chi connectivity index (χ3n) is 5.49. The van der Waals surface area contributed by atoms with Crippen LogP contribution in [0.1, 0.15) is 31.2 Å². The highest BCUT2D eigenvalue weighted by molar-refractivity contribution is 5.41. The summed E-state index contributed by atoms with van der Waals surface area (Å²) in [6, 6.07) is 5.41. The van der Waals surface area contributed by atoms with Crippen molar-refractivity contribution in [3.05, 3.63) is 23.8 Å². The van der Waals surface area contributed by atoms with E-state index >= 15 is 4.39 Å². The van der Waals surface area contributed by atoms with Crippen LogP contribution in [0.4, 0.5) is 4.39 Å². The van der Waals surface area contributed by atoms with Gasteiger partial charge in [0.05, 0.1) is 14.2 Å². The monoisotopic (exact) mass is 336 g/mol. The summed E-state index contributed by atoms with van der Waals surface area (Å²) in [5.41, 5.74) is -0.605. The lowest BCUT2D eigenvalue weighted by molar-refractivity contribution is 0.0461. The Kier molecular flexibility index (Phi) is 5.61. The molecule has 2 heterocycles. The summed E-state index contributed by atoms with van der Waals surface area (Å²) in [6.07, 6.45) is 3.55. The first-order valence-corrected chi connectivity index (χ1v) is 8.98. The molecule has 2 fully saturated rings. The summed E-state index contributed by atoms with van der Waals surface area (Å²) >= 11 is 0. The van der Waals surface area contributed by atoms with E-state index in [2.05, 4.69) is 10.2 Å². The first kappa shape index (κ1) is 17.5. The number of benzene rings is 1. The molecule has 0 spiro atoms. The molecule has 2 aliphatic rings. The lowest BCUT2D eigenvalue weighted by atomic mass is 9.85. The molecular weight excluding hydrogens is 307 g/mol. The van der Waals surface area contributed by atoms with Gasteiger partial charge in [0, 0.05) is 25.7 Å². The maximum Gasteiger partial charge on any atom is 0.138 e. The summed E-state index contributed by atoms with van der Waals surface area (Å²) in [7, 11) is 3.20. The van der Waals surface area contributed by atoms with Crippen LogP contribution in [0.25, 0.3) is 0 Å². The summed E-state index contributed by atoms with van der Waals surface area (Å²) in [5, 5.41) is 3.41. The van der Waals surface area contributed by atoms with Crippen molar-refractivity contribution in [1.82, 2.24) is 10.2 Å². The van der Waals surface area contributed by atoms with Crippen molar-refractivity contribution in [3.8, 4) is 11.5 Å². The second-order valence-corrected chi connectivity index (χ2v) is 7.06. The molecule has 4 nitrogen and oxygen atoms in total. The zero-order chi connectivity index (χ0) is 17.0. The van der Waals surface area contributed by atoms with Crippen molar-refractivity contribution in [2.24, 2.45) is 5.92 Å². The largest absolute Gasteiger partial charge is 0.497 e. The number of piperidine rings is 2. The maximum atomic E-state index is 15.5. The number of hydrogen-bond acceptors (Lipinski definition) is 4. The van der Waals surface area contributed by atoms with Gasteiger partial charge in [0.1, 0.15) is 17.2 Å². The quantitative estimate of drug-likeness (QED) is 0.896. The third kappa shape index (κ3) is 4.01. The minimum Gasteiger partial charge on any atom is -0.497 e. The number of rotatable bonds is 5. The van der Waals surface area contributed by atoms with Gasteiger partial charge in [0.15, 0.2) is 0 Å². The van der Waals surface area contributed by atoms with Gasteiger partial charge >= 0.3 is 0 Å². The number of hydrogen-bond donors (Lipinski definition) is 1. The van der Waals surface area contributed by atoms with Gasteiger partial charge in [-0.05, 0) is 62.4 Å². The van der Waals surface area contributed by atoms with E-state index in [1.807, 2.05) is 12.1 Å². The Hall–Kier alpha value is -1.33. The van der Waals surface area contributed by atoms with Crippen LogP contribution in [-0.2, 0) is 5.67 Å². The highest BCUT2D eigenvalue weighted by Crippen LogP contribution is 2.40. The first-order valence-electron chi connectivity index (χ1n) is 8.98. The summed E-state index contributed by atoms with van der Waals surface area (Å²) in [4.78, 5) is 2.44. The first-order chi connectivity index (χ1) is 11.6. The van der Waals surface area contributed by atoms with Crippen LogP contribution < -0.4 is 14.8 Å². The van der Waals surface area contributed by atoms with Crippen molar-refractivity contribution in [2.75, 3.05) is 46.9 Å². The SMILES string of the molecule is COc1cc(OC)cc(C2(F)CCN(CC3CCNCC3)CC2)c1. The van der Waals surface area contributed by atoms with E-state index in [1.54, 1.807) is 20.3 Å². The molecule has 0 aromatic heterocycles. The van der Waals surface area contributed by atoms with Crippen LogP contribution in [0.2, 0.25) is 0 Å². The Morgan fingerprint density at radius 2 is 1.67 bits per heavy atom. The highest BCUT2D eigenvalue weighted by Gasteiger charge is 2.37. The van der Waals surface area contributed by atoms with Gasteiger partial charge in [0.25, 0.3) is 0 Å². The Morgan fingerprint density at radius 1 is 1.08 bits per heavy atom. The van der Waals surface area contributed by atoms with E-state index in [0.717, 1.165) is 38.6 Å². The normalized spacial score (nSPS) is 22.3.